The molecule has 0 atom stereocenters. The molecule has 1 N–H and O–H groups in total. The lowest BCUT2D eigenvalue weighted by Gasteiger charge is -2.32. The highest BCUT2D eigenvalue weighted by atomic mass is 32.1. The Bertz CT molecular complexity index is 914. The number of benzene rings is 1. The molecular formula is C21H27N5S. The summed E-state index contributed by atoms with van der Waals surface area (Å²) in [6.45, 7) is 9.39. The first-order valence-electron chi connectivity index (χ1n) is 9.71. The van der Waals surface area contributed by atoms with Crippen LogP contribution in [-0.2, 0) is 6.42 Å². The number of aromatic nitrogens is 3. The number of nitrogens with one attached hydrogen (secondary N) is 1. The summed E-state index contributed by atoms with van der Waals surface area (Å²) in [7, 11) is 0. The molecule has 0 radical (unpaired) electrons. The van der Waals surface area contributed by atoms with Gasteiger partial charge in [-0.05, 0) is 56.9 Å². The smallest absolute Gasteiger partial charge is 0.226 e. The molecule has 6 heteroatoms. The summed E-state index contributed by atoms with van der Waals surface area (Å²) in [5.74, 6) is 0.879. The molecule has 4 rings (SSSR count). The number of hydrogen-bond donors (Lipinski definition) is 1. The Morgan fingerprint density at radius 1 is 1.11 bits per heavy atom. The number of hydrogen-bond acceptors (Lipinski definition) is 6. The predicted molar refractivity (Wildman–Crippen MR) is 113 cm³/mol. The minimum atomic E-state index is 0.575. The van der Waals surface area contributed by atoms with Crippen LogP contribution in [0.3, 0.4) is 0 Å². The number of thiazole rings is 1. The highest BCUT2D eigenvalue weighted by molar-refractivity contribution is 7.07. The van der Waals surface area contributed by atoms with E-state index in [1.807, 2.05) is 5.51 Å². The van der Waals surface area contributed by atoms with Gasteiger partial charge >= 0.3 is 0 Å². The second-order valence-electron chi connectivity index (χ2n) is 7.51. The van der Waals surface area contributed by atoms with Crippen molar-refractivity contribution in [3.05, 3.63) is 45.5 Å². The van der Waals surface area contributed by atoms with Crippen molar-refractivity contribution in [3.8, 4) is 0 Å². The molecule has 0 spiro atoms. The second-order valence-corrected chi connectivity index (χ2v) is 8.23. The van der Waals surface area contributed by atoms with E-state index >= 15 is 0 Å². The van der Waals surface area contributed by atoms with Gasteiger partial charge in [0.1, 0.15) is 0 Å². The third-order valence-corrected chi connectivity index (χ3v) is 6.20. The molecule has 0 unspecified atom stereocenters. The zero-order chi connectivity index (χ0) is 18.8. The summed E-state index contributed by atoms with van der Waals surface area (Å²) in [6, 6.07) is 4.98. The van der Waals surface area contributed by atoms with Crippen molar-refractivity contribution in [3.63, 3.8) is 0 Å². The molecule has 1 aromatic carbocycles. The lowest BCUT2D eigenvalue weighted by atomic mass is 10.0. The van der Waals surface area contributed by atoms with Gasteiger partial charge in [0, 0.05) is 42.9 Å². The molecule has 0 bridgehead atoms. The highest BCUT2D eigenvalue weighted by Gasteiger charge is 2.21. The van der Waals surface area contributed by atoms with Crippen LogP contribution in [0.5, 0.6) is 0 Å². The van der Waals surface area contributed by atoms with Gasteiger partial charge in [0.05, 0.1) is 22.4 Å². The first-order valence-corrected chi connectivity index (χ1v) is 10.7. The largest absolute Gasteiger partial charge is 0.341 e. The van der Waals surface area contributed by atoms with Crippen LogP contribution < -0.4 is 10.2 Å². The maximum atomic E-state index is 4.87. The van der Waals surface area contributed by atoms with Gasteiger partial charge in [0.15, 0.2) is 0 Å². The Labute approximate surface area is 164 Å². The average molecular weight is 382 g/mol. The van der Waals surface area contributed by atoms with Crippen LogP contribution in [0, 0.1) is 20.8 Å². The molecule has 3 aromatic rings. The Kier molecular flexibility index (Phi) is 5.36. The van der Waals surface area contributed by atoms with E-state index in [9.17, 15) is 0 Å². The fourth-order valence-electron chi connectivity index (χ4n) is 3.72. The van der Waals surface area contributed by atoms with Crippen molar-refractivity contribution in [2.75, 3.05) is 24.5 Å². The van der Waals surface area contributed by atoms with Crippen molar-refractivity contribution in [1.82, 2.24) is 20.3 Å². The third kappa shape index (κ3) is 4.12. The van der Waals surface area contributed by atoms with Crippen molar-refractivity contribution in [2.45, 2.75) is 46.1 Å². The lowest BCUT2D eigenvalue weighted by molar-refractivity contribution is 0.414. The summed E-state index contributed by atoms with van der Waals surface area (Å²) >= 11 is 1.67. The van der Waals surface area contributed by atoms with Gasteiger partial charge in [-0.15, -0.1) is 11.3 Å². The van der Waals surface area contributed by atoms with E-state index in [2.05, 4.69) is 53.5 Å². The standard InChI is InChI=1S/C21H27N5S/c1-14-10-19-16(3)24-21(25-20(19)11-15(14)2)26-8-5-17(6-9-26)22-7-4-18-12-27-13-23-18/h10-13,17,22H,4-9H2,1-3H3. The number of nitrogens with zero attached hydrogens (tertiary/aromatic N) is 4. The summed E-state index contributed by atoms with van der Waals surface area (Å²) < 4.78 is 0. The molecule has 27 heavy (non-hydrogen) atoms. The Hall–Kier alpha value is -2.05. The van der Waals surface area contributed by atoms with Crippen LogP contribution >= 0.6 is 11.3 Å². The van der Waals surface area contributed by atoms with Crippen molar-refractivity contribution in [2.24, 2.45) is 0 Å². The second kappa shape index (κ2) is 7.90. The van der Waals surface area contributed by atoms with E-state index in [4.69, 9.17) is 9.97 Å². The van der Waals surface area contributed by atoms with E-state index < -0.39 is 0 Å². The Balaban J connectivity index is 1.38. The summed E-state index contributed by atoms with van der Waals surface area (Å²) in [5, 5.41) is 6.98. The summed E-state index contributed by atoms with van der Waals surface area (Å²) in [4.78, 5) is 16.4. The third-order valence-electron chi connectivity index (χ3n) is 5.57. The van der Waals surface area contributed by atoms with E-state index in [0.29, 0.717) is 6.04 Å². The van der Waals surface area contributed by atoms with E-state index in [0.717, 1.165) is 56.1 Å². The molecule has 1 saturated heterocycles. The van der Waals surface area contributed by atoms with Crippen LogP contribution in [0.4, 0.5) is 5.95 Å². The van der Waals surface area contributed by atoms with Gasteiger partial charge in [-0.3, -0.25) is 0 Å². The van der Waals surface area contributed by atoms with Crippen LogP contribution in [-0.4, -0.2) is 40.6 Å². The topological polar surface area (TPSA) is 53.9 Å². The maximum absolute atomic E-state index is 4.87. The fraction of sp³-hybridized carbons (Fsp3) is 0.476. The quantitative estimate of drug-likeness (QED) is 0.728. The first-order chi connectivity index (χ1) is 13.1. The fourth-order valence-corrected chi connectivity index (χ4v) is 4.31. The van der Waals surface area contributed by atoms with Gasteiger partial charge in [-0.1, -0.05) is 0 Å². The minimum absolute atomic E-state index is 0.575. The predicted octanol–water partition coefficient (Wildman–Crippen LogP) is 3.81. The van der Waals surface area contributed by atoms with Crippen LogP contribution in [0.15, 0.2) is 23.0 Å². The van der Waals surface area contributed by atoms with Crippen molar-refractivity contribution in [1.29, 1.82) is 0 Å². The molecule has 0 aliphatic carbocycles. The number of anilines is 1. The Morgan fingerprint density at radius 2 is 1.89 bits per heavy atom. The highest BCUT2D eigenvalue weighted by Crippen LogP contribution is 2.24. The van der Waals surface area contributed by atoms with Crippen molar-refractivity contribution < 1.29 is 0 Å². The van der Waals surface area contributed by atoms with E-state index in [1.165, 1.54) is 22.2 Å². The molecule has 1 aliphatic heterocycles. The molecule has 0 amide bonds. The molecule has 3 heterocycles. The van der Waals surface area contributed by atoms with E-state index in [1.54, 1.807) is 11.3 Å². The Morgan fingerprint density at radius 3 is 2.63 bits per heavy atom. The summed E-state index contributed by atoms with van der Waals surface area (Å²) in [6.07, 6.45) is 3.27. The van der Waals surface area contributed by atoms with Crippen molar-refractivity contribution >= 4 is 28.2 Å². The number of aryl methyl sites for hydroxylation is 3. The molecular weight excluding hydrogens is 354 g/mol. The lowest BCUT2D eigenvalue weighted by Crippen LogP contribution is -2.43. The van der Waals surface area contributed by atoms with Crippen LogP contribution in [0.1, 0.15) is 35.4 Å². The van der Waals surface area contributed by atoms with Crippen LogP contribution in [0.25, 0.3) is 10.9 Å². The number of piperidine rings is 1. The molecule has 5 nitrogen and oxygen atoms in total. The van der Waals surface area contributed by atoms with E-state index in [-0.39, 0.29) is 0 Å². The normalized spacial score (nSPS) is 15.6. The zero-order valence-corrected chi connectivity index (χ0v) is 17.1. The van der Waals surface area contributed by atoms with Gasteiger partial charge in [-0.2, -0.15) is 0 Å². The molecule has 2 aromatic heterocycles. The minimum Gasteiger partial charge on any atom is -0.341 e. The van der Waals surface area contributed by atoms with Gasteiger partial charge < -0.3 is 10.2 Å². The molecule has 0 saturated carbocycles. The SMILES string of the molecule is Cc1cc2nc(N3CCC(NCCc4cscn4)CC3)nc(C)c2cc1C. The number of fused-ring (bicyclic) bond motifs is 1. The average Bonchev–Trinajstić information content (AvgIpc) is 3.17. The first kappa shape index (κ1) is 18.3. The van der Waals surface area contributed by atoms with Gasteiger partial charge in [0.2, 0.25) is 5.95 Å². The zero-order valence-electron chi connectivity index (χ0n) is 16.3. The number of rotatable bonds is 5. The van der Waals surface area contributed by atoms with Gasteiger partial charge in [0.25, 0.3) is 0 Å². The maximum Gasteiger partial charge on any atom is 0.226 e. The molecule has 1 fully saturated rings. The molecule has 142 valence electrons. The van der Waals surface area contributed by atoms with Crippen LogP contribution in [0.2, 0.25) is 0 Å². The molecule has 1 aliphatic rings. The summed E-state index contributed by atoms with van der Waals surface area (Å²) in [5.41, 5.74) is 7.81. The monoisotopic (exact) mass is 381 g/mol. The van der Waals surface area contributed by atoms with Gasteiger partial charge in [-0.25, -0.2) is 15.0 Å².